The number of ether oxygens (including phenoxy) is 1. The molecule has 10 nitrogen and oxygen atoms in total. The number of benzene rings is 1. The van der Waals surface area contributed by atoms with Crippen molar-refractivity contribution >= 4 is 17.6 Å². The van der Waals surface area contributed by atoms with Crippen molar-refractivity contribution in [1.82, 2.24) is 30.7 Å². The number of pyridine rings is 1. The Morgan fingerprint density at radius 2 is 1.87 bits per heavy atom. The van der Waals surface area contributed by atoms with Crippen LogP contribution in [0.25, 0.3) is 0 Å². The zero-order chi connectivity index (χ0) is 32.3. The van der Waals surface area contributed by atoms with Crippen LogP contribution in [0.1, 0.15) is 87.5 Å². The fraction of sp³-hybridized carbons (Fsp3) is 0.469. The Balaban J connectivity index is 1.45. The minimum atomic E-state index is -4.66. The van der Waals surface area contributed by atoms with Gasteiger partial charge in [-0.1, -0.05) is 6.07 Å². The monoisotopic (exact) mass is 625 g/mol. The van der Waals surface area contributed by atoms with Gasteiger partial charge in [0, 0.05) is 50.5 Å². The molecule has 0 spiro atoms. The second-order valence-corrected chi connectivity index (χ2v) is 11.7. The molecule has 1 aromatic carbocycles. The average molecular weight is 626 g/mol. The summed E-state index contributed by atoms with van der Waals surface area (Å²) < 4.78 is 45.8. The third-order valence-electron chi connectivity index (χ3n) is 7.99. The first kappa shape index (κ1) is 32.3. The third kappa shape index (κ3) is 7.95. The highest BCUT2D eigenvalue weighted by atomic mass is 19.4. The summed E-state index contributed by atoms with van der Waals surface area (Å²) in [5, 5.41) is 15.5. The number of piperazine rings is 1. The Kier molecular flexibility index (Phi) is 9.68. The molecule has 1 aliphatic carbocycles. The molecule has 2 atom stereocenters. The maximum atomic E-state index is 13.3. The molecule has 0 unspecified atom stereocenters. The molecular formula is C32H38F3N7O3. The Hall–Kier alpha value is -4.10. The largest absolute Gasteiger partial charge is 0.482 e. The van der Waals surface area contributed by atoms with Crippen LogP contribution in [0.15, 0.2) is 36.5 Å². The van der Waals surface area contributed by atoms with Crippen LogP contribution < -0.4 is 20.7 Å². The van der Waals surface area contributed by atoms with Crippen molar-refractivity contribution in [3.05, 3.63) is 75.7 Å². The molecule has 1 aliphatic heterocycles. The summed E-state index contributed by atoms with van der Waals surface area (Å²) in [5.41, 5.74) is 1.67. The van der Waals surface area contributed by atoms with Crippen LogP contribution in [-0.2, 0) is 6.18 Å². The molecule has 3 N–H and O–H groups in total. The lowest BCUT2D eigenvalue weighted by molar-refractivity contribution is -0.141. The summed E-state index contributed by atoms with van der Waals surface area (Å²) in [6, 6.07) is 8.28. The molecule has 3 heterocycles. The number of halogens is 3. The minimum absolute atomic E-state index is 0.0949. The zero-order valence-electron chi connectivity index (χ0n) is 25.8. The van der Waals surface area contributed by atoms with Crippen molar-refractivity contribution in [3.8, 4) is 5.75 Å². The molecule has 0 bridgehead atoms. The minimum Gasteiger partial charge on any atom is -0.482 e. The van der Waals surface area contributed by atoms with E-state index in [2.05, 4.69) is 44.0 Å². The average Bonchev–Trinajstić information content (AvgIpc) is 3.83. The number of aryl methyl sites for hydroxylation is 2. The van der Waals surface area contributed by atoms with Crippen LogP contribution in [0.2, 0.25) is 0 Å². The number of carbonyl (C=O) groups excluding carboxylic acids is 2. The molecule has 2 fully saturated rings. The zero-order valence-corrected chi connectivity index (χ0v) is 25.8. The highest BCUT2D eigenvalue weighted by Crippen LogP contribution is 2.40. The first-order valence-corrected chi connectivity index (χ1v) is 15.2. The van der Waals surface area contributed by atoms with E-state index >= 15 is 0 Å². The van der Waals surface area contributed by atoms with E-state index in [1.54, 1.807) is 19.9 Å². The third-order valence-corrected chi connectivity index (χ3v) is 7.99. The van der Waals surface area contributed by atoms with Crippen molar-refractivity contribution in [2.75, 3.05) is 38.0 Å². The Bertz CT molecular complexity index is 1540. The van der Waals surface area contributed by atoms with Crippen molar-refractivity contribution in [1.29, 1.82) is 0 Å². The predicted molar refractivity (Wildman–Crippen MR) is 162 cm³/mol. The Morgan fingerprint density at radius 3 is 2.49 bits per heavy atom. The van der Waals surface area contributed by atoms with Gasteiger partial charge < -0.3 is 20.7 Å². The summed E-state index contributed by atoms with van der Waals surface area (Å²) in [6.07, 6.45) is -0.927. The van der Waals surface area contributed by atoms with Crippen molar-refractivity contribution in [3.63, 3.8) is 0 Å². The topological polar surface area (TPSA) is 121 Å². The summed E-state index contributed by atoms with van der Waals surface area (Å²) >= 11 is 0. The van der Waals surface area contributed by atoms with Crippen LogP contribution in [-0.4, -0.2) is 70.7 Å². The number of amides is 2. The lowest BCUT2D eigenvalue weighted by Crippen LogP contribution is -2.50. The number of alkyl halides is 3. The Morgan fingerprint density at radius 1 is 1.09 bits per heavy atom. The highest BCUT2D eigenvalue weighted by molar-refractivity contribution is 6.07. The molecule has 2 amide bonds. The quantitative estimate of drug-likeness (QED) is 0.294. The number of hydrogen-bond donors (Lipinski definition) is 3. The first-order chi connectivity index (χ1) is 21.4. The van der Waals surface area contributed by atoms with E-state index in [0.29, 0.717) is 36.4 Å². The molecule has 1 saturated carbocycles. The van der Waals surface area contributed by atoms with Gasteiger partial charge in [0.1, 0.15) is 5.75 Å². The van der Waals surface area contributed by atoms with E-state index in [4.69, 9.17) is 9.72 Å². The predicted octanol–water partition coefficient (Wildman–Crippen LogP) is 4.80. The van der Waals surface area contributed by atoms with Crippen LogP contribution >= 0.6 is 0 Å². The number of rotatable bonds is 10. The van der Waals surface area contributed by atoms with E-state index in [1.165, 1.54) is 31.4 Å². The van der Waals surface area contributed by atoms with Crippen LogP contribution in [0, 0.1) is 13.8 Å². The number of nitrogens with one attached hydrogen (secondary N) is 3. The van der Waals surface area contributed by atoms with Gasteiger partial charge >= 0.3 is 6.18 Å². The summed E-state index contributed by atoms with van der Waals surface area (Å²) in [4.78, 5) is 33.7. The number of anilines is 1. The molecule has 2 aliphatic rings. The maximum Gasteiger partial charge on any atom is 0.435 e. The van der Waals surface area contributed by atoms with E-state index in [9.17, 15) is 22.8 Å². The van der Waals surface area contributed by atoms with Gasteiger partial charge in [0.15, 0.2) is 17.6 Å². The van der Waals surface area contributed by atoms with Gasteiger partial charge in [0.05, 0.1) is 11.3 Å². The molecule has 13 heteroatoms. The van der Waals surface area contributed by atoms with Crippen LogP contribution in [0.3, 0.4) is 0 Å². The number of hydrogen-bond acceptors (Lipinski definition) is 8. The van der Waals surface area contributed by atoms with Crippen molar-refractivity contribution in [2.45, 2.75) is 64.8 Å². The van der Waals surface area contributed by atoms with Gasteiger partial charge in [0.2, 0.25) is 0 Å². The van der Waals surface area contributed by atoms with Gasteiger partial charge in [0.25, 0.3) is 11.8 Å². The summed E-state index contributed by atoms with van der Waals surface area (Å²) in [6.45, 7) is 10.4. The van der Waals surface area contributed by atoms with Gasteiger partial charge in [-0.25, -0.2) is 0 Å². The van der Waals surface area contributed by atoms with Gasteiger partial charge in [-0.05, 0) is 87.4 Å². The maximum absolute atomic E-state index is 13.3. The SMILES string of the molecule is CCNC(=O)c1cc(C(=O)Nc2nnc(C(F)(F)F)cc2C)c(C)cc1O[C@H](CN1CCN[C@H](C)C1)c1ccc(C2CC2)cn1. The van der Waals surface area contributed by atoms with Crippen molar-refractivity contribution in [2.24, 2.45) is 0 Å². The fourth-order valence-corrected chi connectivity index (χ4v) is 5.40. The van der Waals surface area contributed by atoms with Gasteiger partial charge in [-0.3, -0.25) is 19.5 Å². The van der Waals surface area contributed by atoms with Crippen LogP contribution in [0.5, 0.6) is 5.75 Å². The first-order valence-electron chi connectivity index (χ1n) is 15.2. The molecule has 240 valence electrons. The van der Waals surface area contributed by atoms with E-state index in [0.717, 1.165) is 31.4 Å². The van der Waals surface area contributed by atoms with E-state index in [1.807, 2.05) is 12.3 Å². The fourth-order valence-electron chi connectivity index (χ4n) is 5.40. The highest BCUT2D eigenvalue weighted by Gasteiger charge is 2.34. The summed E-state index contributed by atoms with van der Waals surface area (Å²) in [5.74, 6) is -0.341. The molecule has 45 heavy (non-hydrogen) atoms. The normalized spacial score (nSPS) is 17.9. The molecule has 3 aromatic rings. The molecule has 0 radical (unpaired) electrons. The number of aromatic nitrogens is 3. The molecule has 2 aromatic heterocycles. The molecular weight excluding hydrogens is 587 g/mol. The second-order valence-electron chi connectivity index (χ2n) is 11.7. The van der Waals surface area contributed by atoms with E-state index in [-0.39, 0.29) is 22.5 Å². The lowest BCUT2D eigenvalue weighted by Gasteiger charge is -2.34. The number of nitrogens with zero attached hydrogens (tertiary/aromatic N) is 4. The molecule has 5 rings (SSSR count). The standard InChI is InChI=1S/C32H38F3N7O3/c1-5-36-30(43)24-14-23(31(44)39-29-19(3)13-28(40-41-29)32(33,34)35)18(2)12-26(24)45-27(17-42-11-10-37-20(4)16-42)25-9-8-22(15-38-25)21-6-7-21/h8-9,12-15,20-21,27,37H,5-7,10-11,16-17H2,1-4H3,(H,36,43)(H,39,41,44)/t20-,27-/m1/s1. The van der Waals surface area contributed by atoms with E-state index < -0.39 is 29.8 Å². The Labute approximate surface area is 260 Å². The lowest BCUT2D eigenvalue weighted by atomic mass is 10.0. The molecule has 1 saturated heterocycles. The van der Waals surface area contributed by atoms with Crippen molar-refractivity contribution < 1.29 is 27.5 Å². The second kappa shape index (κ2) is 13.5. The van der Waals surface area contributed by atoms with Gasteiger partial charge in [-0.15, -0.1) is 10.2 Å². The van der Waals surface area contributed by atoms with Gasteiger partial charge in [-0.2, -0.15) is 13.2 Å². The van der Waals surface area contributed by atoms with Crippen LogP contribution in [0.4, 0.5) is 19.0 Å². The number of carbonyl (C=O) groups is 2. The smallest absolute Gasteiger partial charge is 0.435 e. The summed E-state index contributed by atoms with van der Waals surface area (Å²) in [7, 11) is 0.